The summed E-state index contributed by atoms with van der Waals surface area (Å²) in [4.78, 5) is 36.4. The van der Waals surface area contributed by atoms with Gasteiger partial charge in [-0.2, -0.15) is 0 Å². The van der Waals surface area contributed by atoms with Crippen LogP contribution in [0.1, 0.15) is 31.1 Å². The number of anilines is 1. The minimum Gasteiger partial charge on any atom is -0.490 e. The van der Waals surface area contributed by atoms with E-state index < -0.39 is 5.60 Å². The Bertz CT molecular complexity index is 888. The van der Waals surface area contributed by atoms with Crippen molar-refractivity contribution in [1.29, 1.82) is 0 Å². The lowest BCUT2D eigenvalue weighted by atomic mass is 10.1. The summed E-state index contributed by atoms with van der Waals surface area (Å²) in [6.07, 6.45) is 1.34. The van der Waals surface area contributed by atoms with E-state index in [1.165, 1.54) is 0 Å². The molecular weight excluding hydrogens is 398 g/mol. The Morgan fingerprint density at radius 2 is 1.97 bits per heavy atom. The Labute approximate surface area is 182 Å². The first-order valence-electron chi connectivity index (χ1n) is 11.1. The van der Waals surface area contributed by atoms with Crippen LogP contribution in [0.3, 0.4) is 0 Å². The second kappa shape index (κ2) is 7.25. The summed E-state index contributed by atoms with van der Waals surface area (Å²) in [5.74, 6) is 2.33. The quantitative estimate of drug-likeness (QED) is 0.762. The maximum atomic E-state index is 13.5. The number of carbonyl (C=O) groups is 2. The number of hydrogen-bond acceptors (Lipinski definition) is 7. The minimum absolute atomic E-state index is 0.0835. The van der Waals surface area contributed by atoms with E-state index in [0.717, 1.165) is 13.1 Å². The van der Waals surface area contributed by atoms with E-state index in [9.17, 15) is 9.59 Å². The number of nitrogens with zero attached hydrogens (tertiary/aromatic N) is 4. The van der Waals surface area contributed by atoms with Gasteiger partial charge in [-0.05, 0) is 45.7 Å². The monoisotopic (exact) mass is 429 g/mol. The topological polar surface area (TPSA) is 87.2 Å². The highest BCUT2D eigenvalue weighted by Gasteiger charge is 2.55. The normalized spacial score (nSPS) is 30.0. The summed E-state index contributed by atoms with van der Waals surface area (Å²) in [7, 11) is 2.14. The summed E-state index contributed by atoms with van der Waals surface area (Å²) in [5.41, 5.74) is -0.0448. The number of fused-ring (bicyclic) bond motifs is 3. The molecule has 2 saturated heterocycles. The average Bonchev–Trinajstić information content (AvgIpc) is 3.19. The SMILES string of the molecule is CN1C[C@@H]2C(Nc3nccc4c3C(=O)N3CCN(C(=O)OC(C)(C)C)CC3CO4)[C@@H]2C1. The molecule has 0 aromatic carbocycles. The average molecular weight is 430 g/mol. The van der Waals surface area contributed by atoms with Crippen LogP contribution in [0.2, 0.25) is 0 Å². The van der Waals surface area contributed by atoms with Crippen LogP contribution in [0.15, 0.2) is 12.3 Å². The van der Waals surface area contributed by atoms with Crippen LogP contribution < -0.4 is 10.1 Å². The van der Waals surface area contributed by atoms with Gasteiger partial charge >= 0.3 is 6.09 Å². The van der Waals surface area contributed by atoms with Crippen molar-refractivity contribution in [3.05, 3.63) is 17.8 Å². The highest BCUT2D eigenvalue weighted by molar-refractivity contribution is 6.02. The van der Waals surface area contributed by atoms with E-state index in [1.807, 2.05) is 25.7 Å². The van der Waals surface area contributed by atoms with Crippen LogP contribution in [0.5, 0.6) is 5.75 Å². The molecule has 0 bridgehead atoms. The summed E-state index contributed by atoms with van der Waals surface area (Å²) in [6.45, 7) is 9.32. The van der Waals surface area contributed by atoms with Gasteiger partial charge in [0.15, 0.2) is 0 Å². The number of pyridine rings is 1. The summed E-state index contributed by atoms with van der Waals surface area (Å²) >= 11 is 0. The standard InChI is InChI=1S/C22H31N5O4/c1-22(2,3)31-21(29)26-7-8-27-13(9-26)12-30-16-5-6-23-19(17(16)20(27)28)24-18-14-10-25(4)11-15(14)18/h5-6,13-15,18H,7-12H2,1-4H3,(H,23,24)/t13?,14-,15+,18?. The summed E-state index contributed by atoms with van der Waals surface area (Å²) in [6, 6.07) is 1.90. The third kappa shape index (κ3) is 3.79. The largest absolute Gasteiger partial charge is 0.490 e. The first-order chi connectivity index (χ1) is 14.7. The van der Waals surface area contributed by atoms with Crippen LogP contribution in [0.4, 0.5) is 10.6 Å². The molecule has 9 heteroatoms. The van der Waals surface area contributed by atoms with Gasteiger partial charge in [-0.15, -0.1) is 0 Å². The number of piperidine rings is 1. The Kier molecular flexibility index (Phi) is 4.76. The van der Waals surface area contributed by atoms with Crippen molar-refractivity contribution in [1.82, 2.24) is 19.7 Å². The highest BCUT2D eigenvalue weighted by atomic mass is 16.6. The zero-order chi connectivity index (χ0) is 21.9. The predicted octanol–water partition coefficient (Wildman–Crippen LogP) is 1.51. The molecule has 3 aliphatic heterocycles. The molecule has 1 aromatic rings. The first-order valence-corrected chi connectivity index (χ1v) is 11.1. The molecule has 2 amide bonds. The van der Waals surface area contributed by atoms with Crippen molar-refractivity contribution in [2.24, 2.45) is 11.8 Å². The Balaban J connectivity index is 1.31. The summed E-state index contributed by atoms with van der Waals surface area (Å²) < 4.78 is 11.6. The maximum Gasteiger partial charge on any atom is 0.410 e. The van der Waals surface area contributed by atoms with E-state index in [2.05, 4.69) is 22.2 Å². The van der Waals surface area contributed by atoms with Crippen molar-refractivity contribution in [3.63, 3.8) is 0 Å². The van der Waals surface area contributed by atoms with Crippen molar-refractivity contribution >= 4 is 17.8 Å². The smallest absolute Gasteiger partial charge is 0.410 e. The van der Waals surface area contributed by atoms with E-state index in [-0.39, 0.29) is 18.0 Å². The number of nitrogens with one attached hydrogen (secondary N) is 1. The number of carbonyl (C=O) groups excluding carboxylic acids is 2. The molecule has 3 fully saturated rings. The van der Waals surface area contributed by atoms with Gasteiger partial charge in [0.25, 0.3) is 5.91 Å². The molecule has 1 saturated carbocycles. The number of likely N-dealkylation sites (tertiary alicyclic amines) is 1. The zero-order valence-electron chi connectivity index (χ0n) is 18.6. The van der Waals surface area contributed by atoms with Gasteiger partial charge in [-0.3, -0.25) is 4.79 Å². The van der Waals surface area contributed by atoms with Gasteiger partial charge in [-0.1, -0.05) is 0 Å². The molecule has 4 aliphatic rings. The molecule has 5 rings (SSSR count). The van der Waals surface area contributed by atoms with Gasteiger partial charge in [0.1, 0.15) is 29.3 Å². The van der Waals surface area contributed by atoms with Crippen molar-refractivity contribution in [3.8, 4) is 5.75 Å². The van der Waals surface area contributed by atoms with Crippen molar-refractivity contribution in [2.75, 3.05) is 51.7 Å². The lowest BCUT2D eigenvalue weighted by Crippen LogP contribution is -2.58. The number of ether oxygens (including phenoxy) is 2. The minimum atomic E-state index is -0.553. The van der Waals surface area contributed by atoms with E-state index in [4.69, 9.17) is 9.47 Å². The second-order valence-electron chi connectivity index (χ2n) is 10.1. The number of hydrogen-bond donors (Lipinski definition) is 1. The molecule has 1 aromatic heterocycles. The van der Waals surface area contributed by atoms with Crippen LogP contribution in [0, 0.1) is 11.8 Å². The molecule has 4 atom stereocenters. The fourth-order valence-corrected chi connectivity index (χ4v) is 5.08. The zero-order valence-corrected chi connectivity index (χ0v) is 18.6. The fraction of sp³-hybridized carbons (Fsp3) is 0.682. The lowest BCUT2D eigenvalue weighted by Gasteiger charge is -2.40. The fourth-order valence-electron chi connectivity index (χ4n) is 5.08. The van der Waals surface area contributed by atoms with E-state index in [1.54, 1.807) is 17.2 Å². The molecule has 1 N–H and O–H groups in total. The van der Waals surface area contributed by atoms with Crippen molar-refractivity contribution in [2.45, 2.75) is 38.5 Å². The van der Waals surface area contributed by atoms with Gasteiger partial charge in [0.2, 0.25) is 0 Å². The number of aromatic nitrogens is 1. The molecule has 0 radical (unpaired) electrons. The van der Waals surface area contributed by atoms with Gasteiger partial charge in [-0.25, -0.2) is 9.78 Å². The van der Waals surface area contributed by atoms with E-state index in [0.29, 0.717) is 61.2 Å². The van der Waals surface area contributed by atoms with Gasteiger partial charge in [0.05, 0.1) is 6.04 Å². The third-order valence-corrected chi connectivity index (χ3v) is 6.63. The Morgan fingerprint density at radius 3 is 2.68 bits per heavy atom. The highest BCUT2D eigenvalue weighted by Crippen LogP contribution is 2.47. The maximum absolute atomic E-state index is 13.5. The molecule has 2 unspecified atom stereocenters. The molecule has 168 valence electrons. The summed E-state index contributed by atoms with van der Waals surface area (Å²) in [5, 5.41) is 3.52. The second-order valence-corrected chi connectivity index (χ2v) is 10.1. The molecule has 0 spiro atoms. The third-order valence-electron chi connectivity index (χ3n) is 6.63. The Hall–Kier alpha value is -2.55. The molecule has 9 nitrogen and oxygen atoms in total. The predicted molar refractivity (Wildman–Crippen MR) is 114 cm³/mol. The van der Waals surface area contributed by atoms with E-state index >= 15 is 0 Å². The lowest BCUT2D eigenvalue weighted by molar-refractivity contribution is 0.000957. The molecular formula is C22H31N5O4. The Morgan fingerprint density at radius 1 is 1.23 bits per heavy atom. The van der Waals surface area contributed by atoms with Crippen LogP contribution >= 0.6 is 0 Å². The van der Waals surface area contributed by atoms with Crippen LogP contribution in [-0.4, -0.2) is 95.7 Å². The van der Waals surface area contributed by atoms with Gasteiger partial charge in [0, 0.05) is 45.0 Å². The number of rotatable bonds is 2. The van der Waals surface area contributed by atoms with Crippen LogP contribution in [0.25, 0.3) is 0 Å². The first kappa shape index (κ1) is 20.4. The molecule has 31 heavy (non-hydrogen) atoms. The molecule has 1 aliphatic carbocycles. The number of piperazine rings is 1. The van der Waals surface area contributed by atoms with Crippen molar-refractivity contribution < 1.29 is 19.1 Å². The number of amides is 2. The van der Waals surface area contributed by atoms with Gasteiger partial charge < -0.3 is 29.5 Å². The van der Waals surface area contributed by atoms with Crippen LogP contribution in [-0.2, 0) is 4.74 Å². The molecule has 4 heterocycles.